The van der Waals surface area contributed by atoms with E-state index in [0.717, 1.165) is 60.3 Å². The van der Waals surface area contributed by atoms with Crippen LogP contribution in [0.3, 0.4) is 0 Å². The molecule has 0 radical (unpaired) electrons. The number of para-hydroxylation sites is 3. The molecule has 0 aliphatic carbocycles. The highest BCUT2D eigenvalue weighted by atomic mass is 16.5. The van der Waals surface area contributed by atoms with E-state index in [1.165, 1.54) is 0 Å². The third-order valence-electron chi connectivity index (χ3n) is 5.18. The fourth-order valence-electron chi connectivity index (χ4n) is 3.65. The van der Waals surface area contributed by atoms with E-state index >= 15 is 0 Å². The Labute approximate surface area is 171 Å². The lowest BCUT2D eigenvalue weighted by Gasteiger charge is -2.36. The van der Waals surface area contributed by atoms with Crippen LogP contribution in [0, 0.1) is 0 Å². The lowest BCUT2D eigenvalue weighted by atomic mass is 10.2. The van der Waals surface area contributed by atoms with E-state index in [4.69, 9.17) is 19.4 Å². The zero-order valence-corrected chi connectivity index (χ0v) is 17.0. The summed E-state index contributed by atoms with van der Waals surface area (Å²) >= 11 is 0. The highest BCUT2D eigenvalue weighted by Gasteiger charge is 2.22. The Balaban J connectivity index is 1.53. The number of benzene rings is 2. The highest BCUT2D eigenvalue weighted by molar-refractivity contribution is 5.90. The molecular weight excluding hydrogens is 366 g/mol. The van der Waals surface area contributed by atoms with Crippen molar-refractivity contribution in [2.24, 2.45) is 0 Å². The fourth-order valence-corrected chi connectivity index (χ4v) is 3.65. The van der Waals surface area contributed by atoms with E-state index in [2.05, 4.69) is 27.2 Å². The molecule has 0 bridgehead atoms. The smallest absolute Gasteiger partial charge is 0.228 e. The SMILES string of the molecule is COCCNc1nc(N2CCN(c3ccccc3OC)CC2)nc2ccccc12. The number of hydrogen-bond acceptors (Lipinski definition) is 7. The van der Waals surface area contributed by atoms with Crippen molar-refractivity contribution in [2.75, 3.05) is 68.7 Å². The lowest BCUT2D eigenvalue weighted by molar-refractivity contribution is 0.210. The van der Waals surface area contributed by atoms with Crippen molar-refractivity contribution in [3.63, 3.8) is 0 Å². The van der Waals surface area contributed by atoms with Gasteiger partial charge in [-0.1, -0.05) is 24.3 Å². The Bertz CT molecular complexity index is 957. The van der Waals surface area contributed by atoms with Crippen molar-refractivity contribution in [1.82, 2.24) is 9.97 Å². The molecule has 1 N–H and O–H groups in total. The summed E-state index contributed by atoms with van der Waals surface area (Å²) < 4.78 is 10.7. The molecule has 2 aromatic carbocycles. The normalized spacial score (nSPS) is 14.3. The van der Waals surface area contributed by atoms with Gasteiger partial charge in [-0.05, 0) is 24.3 Å². The number of fused-ring (bicyclic) bond motifs is 1. The number of piperazine rings is 1. The van der Waals surface area contributed by atoms with Crippen LogP contribution in [0.2, 0.25) is 0 Å². The van der Waals surface area contributed by atoms with Crippen LogP contribution in [0.25, 0.3) is 10.9 Å². The molecule has 0 unspecified atom stereocenters. The molecule has 1 aliphatic rings. The summed E-state index contributed by atoms with van der Waals surface area (Å²) in [7, 11) is 3.42. The molecule has 29 heavy (non-hydrogen) atoms. The Morgan fingerprint density at radius 2 is 1.62 bits per heavy atom. The van der Waals surface area contributed by atoms with E-state index in [0.29, 0.717) is 13.2 Å². The van der Waals surface area contributed by atoms with Crippen LogP contribution in [0.1, 0.15) is 0 Å². The molecule has 1 aliphatic heterocycles. The average Bonchev–Trinajstić information content (AvgIpc) is 2.79. The fraction of sp³-hybridized carbons (Fsp3) is 0.364. The van der Waals surface area contributed by atoms with Crippen molar-refractivity contribution in [2.45, 2.75) is 0 Å². The molecule has 0 amide bonds. The number of nitrogens with one attached hydrogen (secondary N) is 1. The van der Waals surface area contributed by atoms with Gasteiger partial charge in [0.2, 0.25) is 5.95 Å². The number of aromatic nitrogens is 2. The van der Waals surface area contributed by atoms with Gasteiger partial charge < -0.3 is 24.6 Å². The van der Waals surface area contributed by atoms with Gasteiger partial charge in [0.15, 0.2) is 0 Å². The first-order chi connectivity index (χ1) is 14.3. The zero-order chi connectivity index (χ0) is 20.1. The molecule has 7 heteroatoms. The minimum atomic E-state index is 0.630. The van der Waals surface area contributed by atoms with Gasteiger partial charge in [-0.3, -0.25) is 0 Å². The predicted molar refractivity (Wildman–Crippen MR) is 117 cm³/mol. The van der Waals surface area contributed by atoms with Crippen molar-refractivity contribution < 1.29 is 9.47 Å². The van der Waals surface area contributed by atoms with Gasteiger partial charge in [-0.15, -0.1) is 0 Å². The summed E-state index contributed by atoms with van der Waals surface area (Å²) in [6.07, 6.45) is 0. The monoisotopic (exact) mass is 393 g/mol. The average molecular weight is 393 g/mol. The van der Waals surface area contributed by atoms with E-state index in [1.807, 2.05) is 36.4 Å². The summed E-state index contributed by atoms with van der Waals surface area (Å²) in [4.78, 5) is 14.3. The van der Waals surface area contributed by atoms with Gasteiger partial charge in [0, 0.05) is 45.2 Å². The number of ether oxygens (including phenoxy) is 2. The maximum atomic E-state index is 5.52. The van der Waals surface area contributed by atoms with E-state index in [-0.39, 0.29) is 0 Å². The standard InChI is InChI=1S/C22H27N5O2/c1-28-16-11-23-21-17-7-3-4-8-18(17)24-22(25-21)27-14-12-26(13-15-27)19-9-5-6-10-20(19)29-2/h3-10H,11-16H2,1-2H3,(H,23,24,25). The van der Waals surface area contributed by atoms with Crippen LogP contribution in [0.15, 0.2) is 48.5 Å². The Morgan fingerprint density at radius 1 is 0.897 bits per heavy atom. The van der Waals surface area contributed by atoms with Crippen LogP contribution < -0.4 is 19.9 Å². The second-order valence-electron chi connectivity index (χ2n) is 6.95. The third-order valence-corrected chi connectivity index (χ3v) is 5.18. The largest absolute Gasteiger partial charge is 0.495 e. The Kier molecular flexibility index (Phi) is 5.95. The van der Waals surface area contributed by atoms with Gasteiger partial charge in [0.05, 0.1) is 24.9 Å². The minimum Gasteiger partial charge on any atom is -0.495 e. The lowest BCUT2D eigenvalue weighted by Crippen LogP contribution is -2.47. The molecule has 152 valence electrons. The molecule has 2 heterocycles. The second kappa shape index (κ2) is 8.96. The van der Waals surface area contributed by atoms with Gasteiger partial charge in [-0.25, -0.2) is 4.98 Å². The zero-order valence-electron chi connectivity index (χ0n) is 17.0. The summed E-state index contributed by atoms with van der Waals surface area (Å²) in [5.74, 6) is 2.53. The van der Waals surface area contributed by atoms with Crippen molar-refractivity contribution in [3.05, 3.63) is 48.5 Å². The molecule has 0 atom stereocenters. The number of methoxy groups -OCH3 is 2. The molecule has 3 aromatic rings. The third kappa shape index (κ3) is 4.19. The quantitative estimate of drug-likeness (QED) is 0.619. The summed E-state index contributed by atoms with van der Waals surface area (Å²) in [5.41, 5.74) is 2.08. The Hall–Kier alpha value is -3.06. The van der Waals surface area contributed by atoms with E-state index in [1.54, 1.807) is 14.2 Å². The first-order valence-corrected chi connectivity index (χ1v) is 9.92. The summed E-state index contributed by atoms with van der Waals surface area (Å²) in [5, 5.41) is 4.42. The van der Waals surface area contributed by atoms with E-state index < -0.39 is 0 Å². The van der Waals surface area contributed by atoms with Gasteiger partial charge in [0.25, 0.3) is 0 Å². The summed E-state index contributed by atoms with van der Waals surface area (Å²) in [6, 6.07) is 16.3. The second-order valence-corrected chi connectivity index (χ2v) is 6.95. The van der Waals surface area contributed by atoms with Crippen LogP contribution in [0.4, 0.5) is 17.5 Å². The molecular formula is C22H27N5O2. The molecule has 1 fully saturated rings. The maximum absolute atomic E-state index is 5.52. The van der Waals surface area contributed by atoms with Gasteiger partial charge in [-0.2, -0.15) is 4.98 Å². The molecule has 1 saturated heterocycles. The number of rotatable bonds is 7. The van der Waals surface area contributed by atoms with Crippen molar-refractivity contribution in [1.29, 1.82) is 0 Å². The van der Waals surface area contributed by atoms with Crippen molar-refractivity contribution in [3.8, 4) is 5.75 Å². The maximum Gasteiger partial charge on any atom is 0.228 e. The van der Waals surface area contributed by atoms with Crippen LogP contribution >= 0.6 is 0 Å². The number of nitrogens with zero attached hydrogens (tertiary/aromatic N) is 4. The predicted octanol–water partition coefficient (Wildman–Crippen LogP) is 3.02. The van der Waals surface area contributed by atoms with Crippen LogP contribution in [-0.4, -0.2) is 63.5 Å². The van der Waals surface area contributed by atoms with Gasteiger partial charge >= 0.3 is 0 Å². The number of anilines is 3. The van der Waals surface area contributed by atoms with Crippen molar-refractivity contribution >= 4 is 28.4 Å². The van der Waals surface area contributed by atoms with E-state index in [9.17, 15) is 0 Å². The van der Waals surface area contributed by atoms with Gasteiger partial charge in [0.1, 0.15) is 11.6 Å². The Morgan fingerprint density at radius 3 is 2.41 bits per heavy atom. The molecule has 0 saturated carbocycles. The highest BCUT2D eigenvalue weighted by Crippen LogP contribution is 2.29. The molecule has 0 spiro atoms. The van der Waals surface area contributed by atoms with Crippen LogP contribution in [-0.2, 0) is 4.74 Å². The molecule has 1 aromatic heterocycles. The number of hydrogen-bond donors (Lipinski definition) is 1. The topological polar surface area (TPSA) is 62.8 Å². The minimum absolute atomic E-state index is 0.630. The first-order valence-electron chi connectivity index (χ1n) is 9.92. The molecule has 4 rings (SSSR count). The first kappa shape index (κ1) is 19.3. The van der Waals surface area contributed by atoms with Crippen LogP contribution in [0.5, 0.6) is 5.75 Å². The molecule has 7 nitrogen and oxygen atoms in total. The summed E-state index contributed by atoms with van der Waals surface area (Å²) in [6.45, 7) is 4.83.